The Morgan fingerprint density at radius 2 is 0.490 bits per heavy atom. The van der Waals surface area contributed by atoms with Gasteiger partial charge in [0.2, 0.25) is 25.2 Å². The fourth-order valence-electron chi connectivity index (χ4n) is 12.6. The van der Waals surface area contributed by atoms with Crippen LogP contribution < -0.4 is 18.9 Å². The zero-order valence-electron chi connectivity index (χ0n) is 50.5. The third-order valence-electron chi connectivity index (χ3n) is 17.7. The van der Waals surface area contributed by atoms with Crippen LogP contribution in [-0.4, -0.2) is 251 Å². The number of nitrogens with one attached hydrogen (secondary N) is 2. The number of benzene rings is 4. The first-order chi connectivity index (χ1) is 46.4. The van der Waals surface area contributed by atoms with Gasteiger partial charge in [0.15, 0.2) is 0 Å². The molecule has 6 aliphatic heterocycles. The molecule has 28 heteroatoms. The van der Waals surface area contributed by atoms with Crippen LogP contribution in [0.4, 0.5) is 0 Å². The predicted molar refractivity (Wildman–Crippen MR) is 338 cm³/mol. The Bertz CT molecular complexity index is 3680. The van der Waals surface area contributed by atoms with Gasteiger partial charge in [-0.1, -0.05) is 72.8 Å². The number of hydrogen-bond donors (Lipinski definition) is 18. The molecule has 506 valence electrons. The van der Waals surface area contributed by atoms with Crippen molar-refractivity contribution in [1.29, 1.82) is 0 Å². The summed E-state index contributed by atoms with van der Waals surface area (Å²) in [7, 11) is 0. The van der Waals surface area contributed by atoms with Gasteiger partial charge in [-0.05, 0) is 72.8 Å². The molecule has 9 heterocycles. The lowest BCUT2D eigenvalue weighted by molar-refractivity contribution is -0.277. The van der Waals surface area contributed by atoms with E-state index in [0.29, 0.717) is 66.6 Å². The Hall–Kier alpha value is -8.12. The Morgan fingerprint density at radius 3 is 0.698 bits per heavy atom. The molecule has 0 aliphatic carbocycles. The molecule has 96 heavy (non-hydrogen) atoms. The zero-order chi connectivity index (χ0) is 67.4. The number of aliphatic hydroxyl groups excluding tert-OH is 16. The minimum atomic E-state index is -1.82. The van der Waals surface area contributed by atoms with Gasteiger partial charge in [0, 0.05) is 66.6 Å². The maximum absolute atomic E-state index is 11.3. The Morgan fingerprint density at radius 1 is 0.281 bits per heavy atom. The number of ether oxygens (including phenoxy) is 8. The van der Waals surface area contributed by atoms with E-state index < -0.39 is 149 Å². The van der Waals surface area contributed by atoms with Crippen molar-refractivity contribution in [2.24, 2.45) is 0 Å². The summed E-state index contributed by atoms with van der Waals surface area (Å²) in [6.07, 6.45) is -26.4. The van der Waals surface area contributed by atoms with Gasteiger partial charge in [-0.25, -0.2) is 9.97 Å². The number of fused-ring (bicyclic) bond motifs is 8. The molecule has 8 bridgehead atoms. The number of H-pyrrole nitrogens is 2. The van der Waals surface area contributed by atoms with Crippen LogP contribution in [0, 0.1) is 0 Å². The van der Waals surface area contributed by atoms with Crippen LogP contribution in [0.3, 0.4) is 0 Å². The molecule has 0 spiro atoms. The van der Waals surface area contributed by atoms with Crippen LogP contribution in [0.5, 0.6) is 23.0 Å². The van der Waals surface area contributed by atoms with Crippen molar-refractivity contribution in [3.8, 4) is 67.5 Å². The second-order valence-corrected chi connectivity index (χ2v) is 23.7. The fraction of sp³-hybridized carbons (Fsp3) is 0.353. The van der Waals surface area contributed by atoms with E-state index in [1.54, 1.807) is 146 Å². The molecule has 20 atom stereocenters. The first-order valence-electron chi connectivity index (χ1n) is 30.8. The molecule has 28 nitrogen and oxygen atoms in total. The second-order valence-electron chi connectivity index (χ2n) is 23.7. The second kappa shape index (κ2) is 27.8. The van der Waals surface area contributed by atoms with E-state index in [4.69, 9.17) is 47.9 Å². The number of para-hydroxylation sites is 4. The monoisotopic (exact) mass is 1330 g/mol. The maximum Gasteiger partial charge on any atom is 0.229 e. The largest absolute Gasteiger partial charge is 0.461 e. The first-order valence-corrected chi connectivity index (χ1v) is 30.8. The molecule has 0 saturated carbocycles. The van der Waals surface area contributed by atoms with E-state index in [0.717, 1.165) is 0 Å². The average Bonchev–Trinajstić information content (AvgIpc) is 1.72. The summed E-state index contributed by atoms with van der Waals surface area (Å²) in [5, 5.41) is 173. The van der Waals surface area contributed by atoms with Gasteiger partial charge in [0.1, 0.15) is 121 Å². The number of aromatic nitrogens is 4. The third kappa shape index (κ3) is 12.3. The molecule has 4 fully saturated rings. The molecule has 3 aromatic heterocycles. The molecule has 0 unspecified atom stereocenters. The van der Waals surface area contributed by atoms with Crippen LogP contribution in [0.25, 0.3) is 90.9 Å². The van der Waals surface area contributed by atoms with Crippen molar-refractivity contribution in [1.82, 2.24) is 19.9 Å². The third-order valence-corrected chi connectivity index (χ3v) is 17.7. The molecule has 7 aromatic rings. The lowest BCUT2D eigenvalue weighted by Gasteiger charge is -2.39. The highest BCUT2D eigenvalue weighted by Crippen LogP contribution is 2.46. The van der Waals surface area contributed by atoms with Gasteiger partial charge in [0.25, 0.3) is 0 Å². The van der Waals surface area contributed by atoms with Crippen LogP contribution in [0.1, 0.15) is 22.8 Å². The summed E-state index contributed by atoms with van der Waals surface area (Å²) in [5.74, 6) is 0.249. The van der Waals surface area contributed by atoms with Crippen LogP contribution in [0.2, 0.25) is 0 Å². The van der Waals surface area contributed by atoms with Crippen LogP contribution in [-0.2, 0) is 18.9 Å². The van der Waals surface area contributed by atoms with Crippen LogP contribution >= 0.6 is 0 Å². The highest BCUT2D eigenvalue weighted by molar-refractivity contribution is 6.01. The number of aromatic amines is 2. The van der Waals surface area contributed by atoms with Gasteiger partial charge < -0.3 is 130 Å². The Labute approximate surface area is 544 Å². The van der Waals surface area contributed by atoms with Crippen molar-refractivity contribution >= 4 is 46.4 Å². The van der Waals surface area contributed by atoms with E-state index in [1.165, 1.54) is 0 Å². The van der Waals surface area contributed by atoms with Gasteiger partial charge >= 0.3 is 0 Å². The average molecular weight is 1330 g/mol. The number of hydrogen-bond acceptors (Lipinski definition) is 26. The molecule has 13 rings (SSSR count). The summed E-state index contributed by atoms with van der Waals surface area (Å²) in [6.45, 7) is -2.96. The quantitative estimate of drug-likeness (QED) is 0.0607. The first kappa shape index (κ1) is 66.5. The smallest absolute Gasteiger partial charge is 0.229 e. The van der Waals surface area contributed by atoms with Crippen LogP contribution in [0.15, 0.2) is 121 Å². The predicted octanol–water partition coefficient (Wildman–Crippen LogP) is 0.0384. The van der Waals surface area contributed by atoms with Crippen molar-refractivity contribution in [3.05, 3.63) is 144 Å². The molecule has 4 aromatic carbocycles. The summed E-state index contributed by atoms with van der Waals surface area (Å²) in [6, 6.07) is 33.4. The number of nitrogens with zero attached hydrogens (tertiary/aromatic N) is 2. The molecule has 18 N–H and O–H groups in total. The summed E-state index contributed by atoms with van der Waals surface area (Å²) < 4.78 is 49.1. The number of aliphatic hydroxyl groups is 16. The van der Waals surface area contributed by atoms with E-state index in [-0.39, 0.29) is 45.8 Å². The van der Waals surface area contributed by atoms with Crippen molar-refractivity contribution in [2.75, 3.05) is 26.4 Å². The normalized spacial score (nSPS) is 31.2. The summed E-state index contributed by atoms with van der Waals surface area (Å²) >= 11 is 0. The molecular formula is C68H70N4O24. The zero-order valence-corrected chi connectivity index (χ0v) is 50.5. The topological polar surface area (TPSA) is 455 Å². The Balaban J connectivity index is 1.10. The minimum Gasteiger partial charge on any atom is -0.461 e. The molecule has 0 amide bonds. The van der Waals surface area contributed by atoms with Crippen molar-refractivity contribution in [3.63, 3.8) is 0 Å². The van der Waals surface area contributed by atoms with Gasteiger partial charge in [0.05, 0.1) is 49.2 Å². The van der Waals surface area contributed by atoms with E-state index in [9.17, 15) is 81.7 Å². The summed E-state index contributed by atoms with van der Waals surface area (Å²) in [4.78, 5) is 17.9. The fourth-order valence-corrected chi connectivity index (χ4v) is 12.6. The number of rotatable bonds is 16. The van der Waals surface area contributed by atoms with Crippen molar-refractivity contribution < 1.29 is 120 Å². The van der Waals surface area contributed by atoms with Gasteiger partial charge in [-0.3, -0.25) is 0 Å². The summed E-state index contributed by atoms with van der Waals surface area (Å²) in [5.41, 5.74) is 5.07. The Kier molecular flexibility index (Phi) is 19.2. The lowest BCUT2D eigenvalue weighted by Crippen LogP contribution is -2.60. The van der Waals surface area contributed by atoms with Gasteiger partial charge in [-0.2, -0.15) is 0 Å². The van der Waals surface area contributed by atoms with Crippen molar-refractivity contribution in [2.45, 2.75) is 123 Å². The maximum atomic E-state index is 11.3. The van der Waals surface area contributed by atoms with E-state index >= 15 is 0 Å². The SMILES string of the molecule is OC[C@H]1O[C@@H](Oc2ccccc2-c2c3nc(c(-c4ccccc4O[C@@H]4O[C@H](CO)[C@@H](O)[C@H](O)[C@H]4O)c4ccc([nH]4)c(-c4ccccc4O[C@@H]4O[C@H](CO)[C@@H](O)[C@H](O)[C@H]4O)c4nc(c(-c5ccccc5O[C@@H]5O[C@H](CO)[C@@H](O)[C@H](O)[C@H]5O)c5ccc2[nH]5)C=C4)C=C3)[C@H](O)[C@@H](O)[C@@H]1O. The molecular weight excluding hydrogens is 1260 g/mol. The van der Waals surface area contributed by atoms with E-state index in [1.807, 2.05) is 0 Å². The standard InChI is InChI=1S/C68H70N4O24/c73-25-45-53(77)57(81)61(85)65(93-45)89-41-13-5-1-9-29(41)49-33-17-19-35(69-33)50(30-10-2-6-14-42(30)90-66-62(86)58(82)54(78)46(26-74)94-66)37-21-23-39(71-37)52(32-12-4-8-16-44(32)92-68-64(88)60(84)56(80)48(28-76)96-68)40-24-22-38(72-40)51(36-20-18-34(49)70-36)31-11-3-7-15-43(31)91-67-63(87)59(83)55(79)47(27-75)95-67/h1-24,45-48,53-69,72-88H,25-28H2/t45-,46-,47-,48-,53-,54-,55-,56-,57+,58+,59+,60+,61-,62-,63-,64-,65-,66-,67-,68-/m1/s1. The molecule has 4 saturated heterocycles. The minimum absolute atomic E-state index is 0.0621. The highest BCUT2D eigenvalue weighted by Gasteiger charge is 2.49. The van der Waals surface area contributed by atoms with E-state index in [2.05, 4.69) is 9.97 Å². The van der Waals surface area contributed by atoms with Gasteiger partial charge in [-0.15, -0.1) is 0 Å². The highest BCUT2D eigenvalue weighted by atomic mass is 16.7. The molecule has 0 radical (unpaired) electrons. The molecule has 6 aliphatic rings. The lowest BCUT2D eigenvalue weighted by atomic mass is 9.99.